The van der Waals surface area contributed by atoms with Crippen molar-refractivity contribution in [3.8, 4) is 0 Å². The number of aliphatic hydroxyl groups is 1. The topological polar surface area (TPSA) is 50.1 Å². The van der Waals surface area contributed by atoms with Crippen molar-refractivity contribution < 1.29 is 5.11 Å². The highest BCUT2D eigenvalue weighted by Gasteiger charge is 2.03. The summed E-state index contributed by atoms with van der Waals surface area (Å²) in [6.45, 7) is 3.30. The molecule has 2 aromatic rings. The summed E-state index contributed by atoms with van der Waals surface area (Å²) in [5.41, 5.74) is 3.14. The van der Waals surface area contributed by atoms with Crippen LogP contribution in [-0.2, 0) is 13.1 Å². The van der Waals surface area contributed by atoms with Crippen LogP contribution in [0.2, 0.25) is 5.02 Å². The van der Waals surface area contributed by atoms with Gasteiger partial charge in [0.15, 0.2) is 0 Å². The van der Waals surface area contributed by atoms with E-state index in [1.54, 1.807) is 10.9 Å². The van der Waals surface area contributed by atoms with Gasteiger partial charge in [0.1, 0.15) is 0 Å². The first-order valence-electron chi connectivity index (χ1n) is 5.82. The Hall–Kier alpha value is -1.52. The summed E-state index contributed by atoms with van der Waals surface area (Å²) < 4.78 is 1.72. The molecule has 0 saturated heterocycles. The third kappa shape index (κ3) is 3.03. The first-order valence-corrected chi connectivity index (χ1v) is 6.19. The largest absolute Gasteiger partial charge is 0.394 e. The van der Waals surface area contributed by atoms with Crippen LogP contribution in [0, 0.1) is 6.92 Å². The summed E-state index contributed by atoms with van der Waals surface area (Å²) in [6, 6.07) is 5.80. The summed E-state index contributed by atoms with van der Waals surface area (Å²) in [7, 11) is 0. The van der Waals surface area contributed by atoms with Crippen molar-refractivity contribution in [1.82, 2.24) is 9.78 Å². The van der Waals surface area contributed by atoms with Crippen LogP contribution in [-0.4, -0.2) is 21.5 Å². The minimum absolute atomic E-state index is 0.0992. The molecule has 0 amide bonds. The molecule has 2 N–H and O–H groups in total. The molecule has 5 heteroatoms. The lowest BCUT2D eigenvalue weighted by Crippen LogP contribution is -2.02. The highest BCUT2D eigenvalue weighted by Crippen LogP contribution is 2.23. The molecular formula is C13H16ClN3O. The quantitative estimate of drug-likeness (QED) is 0.873. The van der Waals surface area contributed by atoms with Crippen molar-refractivity contribution in [2.24, 2.45) is 0 Å². The Labute approximate surface area is 111 Å². The summed E-state index contributed by atoms with van der Waals surface area (Å²) in [5, 5.41) is 17.0. The molecule has 0 aliphatic rings. The van der Waals surface area contributed by atoms with Crippen molar-refractivity contribution in [3.05, 3.63) is 46.7 Å². The second-order valence-corrected chi connectivity index (χ2v) is 4.51. The van der Waals surface area contributed by atoms with Gasteiger partial charge in [0, 0.05) is 29.0 Å². The number of benzene rings is 1. The lowest BCUT2D eigenvalue weighted by molar-refractivity contribution is 0.269. The molecule has 1 heterocycles. The highest BCUT2D eigenvalue weighted by atomic mass is 35.5. The fourth-order valence-corrected chi connectivity index (χ4v) is 1.89. The second-order valence-electron chi connectivity index (χ2n) is 4.10. The number of hydrogen-bond donors (Lipinski definition) is 2. The van der Waals surface area contributed by atoms with Gasteiger partial charge in [0.2, 0.25) is 0 Å². The van der Waals surface area contributed by atoms with Crippen molar-refractivity contribution in [3.63, 3.8) is 0 Å². The van der Waals surface area contributed by atoms with Gasteiger partial charge in [-0.25, -0.2) is 0 Å². The average Bonchev–Trinajstić information content (AvgIpc) is 2.79. The van der Waals surface area contributed by atoms with E-state index in [-0.39, 0.29) is 6.61 Å². The number of anilines is 1. The van der Waals surface area contributed by atoms with Crippen molar-refractivity contribution in [1.29, 1.82) is 0 Å². The number of aromatic nitrogens is 2. The van der Waals surface area contributed by atoms with Crippen molar-refractivity contribution in [2.75, 3.05) is 11.9 Å². The van der Waals surface area contributed by atoms with E-state index < -0.39 is 0 Å². The maximum atomic E-state index is 8.81. The van der Waals surface area contributed by atoms with Crippen LogP contribution in [0.25, 0.3) is 0 Å². The van der Waals surface area contributed by atoms with E-state index in [0.29, 0.717) is 13.1 Å². The molecule has 0 saturated carbocycles. The first-order chi connectivity index (χ1) is 8.70. The molecule has 1 aromatic carbocycles. The van der Waals surface area contributed by atoms with Crippen molar-refractivity contribution in [2.45, 2.75) is 20.0 Å². The zero-order valence-corrected chi connectivity index (χ0v) is 11.0. The van der Waals surface area contributed by atoms with Gasteiger partial charge < -0.3 is 10.4 Å². The van der Waals surface area contributed by atoms with Gasteiger partial charge in [-0.1, -0.05) is 17.7 Å². The zero-order chi connectivity index (χ0) is 13.0. The maximum absolute atomic E-state index is 8.81. The summed E-state index contributed by atoms with van der Waals surface area (Å²) in [5.74, 6) is 0. The number of halogens is 1. The van der Waals surface area contributed by atoms with Crippen LogP contribution >= 0.6 is 11.6 Å². The minimum Gasteiger partial charge on any atom is -0.394 e. The van der Waals surface area contributed by atoms with Crippen LogP contribution in [0.3, 0.4) is 0 Å². The molecule has 0 spiro atoms. The molecule has 1 aromatic heterocycles. The Morgan fingerprint density at radius 2 is 2.28 bits per heavy atom. The van der Waals surface area contributed by atoms with Crippen LogP contribution in [0.15, 0.2) is 30.6 Å². The van der Waals surface area contributed by atoms with Gasteiger partial charge in [-0.2, -0.15) is 5.10 Å². The van der Waals surface area contributed by atoms with E-state index in [2.05, 4.69) is 10.4 Å². The van der Waals surface area contributed by atoms with Gasteiger partial charge in [0.25, 0.3) is 0 Å². The lowest BCUT2D eigenvalue weighted by Gasteiger charge is -2.09. The smallest absolute Gasteiger partial charge is 0.0640 e. The Bertz CT molecular complexity index is 525. The third-order valence-electron chi connectivity index (χ3n) is 2.77. The first kappa shape index (κ1) is 12.9. The molecule has 0 atom stereocenters. The number of nitrogens with zero attached hydrogens (tertiary/aromatic N) is 2. The third-order valence-corrected chi connectivity index (χ3v) is 3.18. The Balaban J connectivity index is 2.00. The van der Waals surface area contributed by atoms with E-state index in [0.717, 1.165) is 21.8 Å². The highest BCUT2D eigenvalue weighted by molar-refractivity contribution is 6.31. The predicted molar refractivity (Wildman–Crippen MR) is 72.8 cm³/mol. The fourth-order valence-electron chi connectivity index (χ4n) is 1.72. The van der Waals surface area contributed by atoms with Crippen molar-refractivity contribution >= 4 is 17.3 Å². The number of aliphatic hydroxyl groups excluding tert-OH is 1. The monoisotopic (exact) mass is 265 g/mol. The molecule has 0 unspecified atom stereocenters. The Morgan fingerprint density at radius 3 is 3.06 bits per heavy atom. The molecule has 4 nitrogen and oxygen atoms in total. The molecule has 96 valence electrons. The summed E-state index contributed by atoms with van der Waals surface area (Å²) in [4.78, 5) is 0. The van der Waals surface area contributed by atoms with Crippen LogP contribution in [0.1, 0.15) is 11.1 Å². The van der Waals surface area contributed by atoms with Gasteiger partial charge in [-0.15, -0.1) is 0 Å². The van der Waals surface area contributed by atoms with Gasteiger partial charge in [-0.05, 0) is 24.6 Å². The number of rotatable bonds is 5. The number of nitrogens with one attached hydrogen (secondary N) is 1. The standard InChI is InChI=1S/C13H16ClN3O/c1-10-12(14)3-2-4-13(10)15-7-11-8-16-17(9-11)5-6-18/h2-4,8-9,15,18H,5-7H2,1H3. The Morgan fingerprint density at radius 1 is 1.44 bits per heavy atom. The normalized spacial score (nSPS) is 10.6. The molecule has 0 aliphatic carbocycles. The van der Waals surface area contributed by atoms with Crippen LogP contribution in [0.4, 0.5) is 5.69 Å². The molecule has 0 aliphatic heterocycles. The SMILES string of the molecule is Cc1c(Cl)cccc1NCc1cnn(CCO)c1. The maximum Gasteiger partial charge on any atom is 0.0640 e. The number of hydrogen-bond acceptors (Lipinski definition) is 3. The van der Waals surface area contributed by atoms with Gasteiger partial charge >= 0.3 is 0 Å². The molecule has 0 bridgehead atoms. The van der Waals surface area contributed by atoms with E-state index in [9.17, 15) is 0 Å². The zero-order valence-electron chi connectivity index (χ0n) is 10.2. The average molecular weight is 266 g/mol. The van der Waals surface area contributed by atoms with Crippen LogP contribution < -0.4 is 5.32 Å². The minimum atomic E-state index is 0.0992. The molecule has 2 rings (SSSR count). The summed E-state index contributed by atoms with van der Waals surface area (Å²) >= 11 is 6.06. The van der Waals surface area contributed by atoms with E-state index in [4.69, 9.17) is 16.7 Å². The van der Waals surface area contributed by atoms with E-state index >= 15 is 0 Å². The predicted octanol–water partition coefficient (Wildman–Crippen LogP) is 2.45. The summed E-state index contributed by atoms with van der Waals surface area (Å²) in [6.07, 6.45) is 3.71. The Kier molecular flexibility index (Phi) is 4.23. The molecule has 0 fully saturated rings. The van der Waals surface area contributed by atoms with Gasteiger partial charge in [-0.3, -0.25) is 4.68 Å². The van der Waals surface area contributed by atoms with Crippen LogP contribution in [0.5, 0.6) is 0 Å². The molecular weight excluding hydrogens is 250 g/mol. The second kappa shape index (κ2) is 5.89. The van der Waals surface area contributed by atoms with Gasteiger partial charge in [0.05, 0.1) is 19.3 Å². The molecule has 18 heavy (non-hydrogen) atoms. The van der Waals surface area contributed by atoms with E-state index in [1.807, 2.05) is 31.3 Å². The molecule has 0 radical (unpaired) electrons. The lowest BCUT2D eigenvalue weighted by atomic mass is 10.2. The fraction of sp³-hybridized carbons (Fsp3) is 0.308. The van der Waals surface area contributed by atoms with E-state index in [1.165, 1.54) is 0 Å².